The van der Waals surface area contributed by atoms with Crippen LogP contribution in [0.1, 0.15) is 30.6 Å². The van der Waals surface area contributed by atoms with Gasteiger partial charge in [0.25, 0.3) is 5.91 Å². The summed E-state index contributed by atoms with van der Waals surface area (Å²) in [6.45, 7) is 4.90. The summed E-state index contributed by atoms with van der Waals surface area (Å²) in [5, 5.41) is 2.81. The molecule has 1 aromatic heterocycles. The van der Waals surface area contributed by atoms with Gasteiger partial charge in [0, 0.05) is 13.1 Å². The molecule has 1 saturated heterocycles. The van der Waals surface area contributed by atoms with Crippen LogP contribution in [0, 0.1) is 5.92 Å². The maximum absolute atomic E-state index is 12.9. The molecule has 2 heterocycles. The van der Waals surface area contributed by atoms with Gasteiger partial charge in [-0.2, -0.15) is 0 Å². The number of benzene rings is 1. The zero-order chi connectivity index (χ0) is 16.6. The van der Waals surface area contributed by atoms with Crippen LogP contribution in [0.2, 0.25) is 0 Å². The van der Waals surface area contributed by atoms with Crippen molar-refractivity contribution in [2.45, 2.75) is 26.3 Å². The zero-order valence-corrected chi connectivity index (χ0v) is 13.1. The van der Waals surface area contributed by atoms with E-state index >= 15 is 0 Å². The lowest BCUT2D eigenvalue weighted by Crippen LogP contribution is -2.57. The molecule has 2 N–H and O–H groups in total. The Hall–Kier alpha value is -2.57. The second kappa shape index (κ2) is 5.91. The predicted molar refractivity (Wildman–Crippen MR) is 84.1 cm³/mol. The molecule has 0 saturated carbocycles. The number of aromatic amines is 1. The van der Waals surface area contributed by atoms with Gasteiger partial charge in [0.2, 0.25) is 5.91 Å². The highest BCUT2D eigenvalue weighted by molar-refractivity contribution is 6.06. The average molecular weight is 317 g/mol. The van der Waals surface area contributed by atoms with Gasteiger partial charge in [-0.3, -0.25) is 14.6 Å². The SMILES string of the molecule is CC(C)C[C@@H]1C(=O)NCCN1C(=O)c1cccc2oc(=O)[nH]c12. The summed E-state index contributed by atoms with van der Waals surface area (Å²) in [6, 6.07) is 4.42. The first kappa shape index (κ1) is 15.3. The molecule has 2 amide bonds. The molecule has 1 aliphatic rings. The van der Waals surface area contributed by atoms with Crippen LogP contribution in [0.4, 0.5) is 0 Å². The number of amides is 2. The molecule has 7 heteroatoms. The van der Waals surface area contributed by atoms with E-state index in [0.29, 0.717) is 36.2 Å². The molecule has 0 unspecified atom stereocenters. The van der Waals surface area contributed by atoms with Gasteiger partial charge in [-0.05, 0) is 24.5 Å². The Labute approximate surface area is 132 Å². The molecule has 1 atom stereocenters. The number of nitrogens with zero attached hydrogens (tertiary/aromatic N) is 1. The largest absolute Gasteiger partial charge is 0.417 e. The first-order valence-electron chi connectivity index (χ1n) is 7.68. The minimum Gasteiger partial charge on any atom is -0.408 e. The van der Waals surface area contributed by atoms with Crippen molar-refractivity contribution in [3.8, 4) is 0 Å². The summed E-state index contributed by atoms with van der Waals surface area (Å²) in [6.07, 6.45) is 0.593. The molecule has 122 valence electrons. The molecule has 1 aromatic carbocycles. The Balaban J connectivity index is 1.99. The summed E-state index contributed by atoms with van der Waals surface area (Å²) < 4.78 is 5.00. The first-order valence-corrected chi connectivity index (χ1v) is 7.68. The van der Waals surface area contributed by atoms with Crippen LogP contribution in [0.3, 0.4) is 0 Å². The molecule has 23 heavy (non-hydrogen) atoms. The van der Waals surface area contributed by atoms with E-state index in [1.54, 1.807) is 23.1 Å². The zero-order valence-electron chi connectivity index (χ0n) is 13.1. The highest BCUT2D eigenvalue weighted by Crippen LogP contribution is 2.21. The number of piperazine rings is 1. The van der Waals surface area contributed by atoms with Crippen molar-refractivity contribution in [2.75, 3.05) is 13.1 Å². The molecule has 0 spiro atoms. The summed E-state index contributed by atoms with van der Waals surface area (Å²) in [7, 11) is 0. The number of oxazole rings is 1. The molecule has 0 radical (unpaired) electrons. The number of nitrogens with one attached hydrogen (secondary N) is 2. The van der Waals surface area contributed by atoms with E-state index in [-0.39, 0.29) is 17.7 Å². The molecule has 2 aromatic rings. The van der Waals surface area contributed by atoms with E-state index in [1.165, 1.54) is 0 Å². The maximum atomic E-state index is 12.9. The summed E-state index contributed by atoms with van der Waals surface area (Å²) in [4.78, 5) is 40.6. The number of fused-ring (bicyclic) bond motifs is 1. The second-order valence-electron chi connectivity index (χ2n) is 6.13. The van der Waals surface area contributed by atoms with E-state index < -0.39 is 11.8 Å². The Morgan fingerprint density at radius 2 is 2.17 bits per heavy atom. The minimum atomic E-state index is -0.602. The number of rotatable bonds is 3. The van der Waals surface area contributed by atoms with Gasteiger partial charge in [-0.1, -0.05) is 19.9 Å². The van der Waals surface area contributed by atoms with E-state index in [9.17, 15) is 14.4 Å². The molecule has 1 fully saturated rings. The fraction of sp³-hybridized carbons (Fsp3) is 0.438. The number of aromatic nitrogens is 1. The van der Waals surface area contributed by atoms with Crippen LogP contribution < -0.4 is 11.1 Å². The molecular weight excluding hydrogens is 298 g/mol. The number of hydrogen-bond donors (Lipinski definition) is 2. The molecule has 7 nitrogen and oxygen atoms in total. The minimum absolute atomic E-state index is 0.133. The van der Waals surface area contributed by atoms with Gasteiger partial charge >= 0.3 is 5.76 Å². The molecule has 0 aliphatic carbocycles. The molecule has 1 aliphatic heterocycles. The predicted octanol–water partition coefficient (Wildman–Crippen LogP) is 1.11. The van der Waals surface area contributed by atoms with Crippen LogP contribution >= 0.6 is 0 Å². The first-order chi connectivity index (χ1) is 11.0. The number of hydrogen-bond acceptors (Lipinski definition) is 4. The van der Waals surface area contributed by atoms with Gasteiger partial charge in [-0.25, -0.2) is 4.79 Å². The third-order valence-electron chi connectivity index (χ3n) is 3.97. The van der Waals surface area contributed by atoms with Crippen molar-refractivity contribution in [3.63, 3.8) is 0 Å². The van der Waals surface area contributed by atoms with Gasteiger partial charge in [0.1, 0.15) is 6.04 Å². The fourth-order valence-corrected chi connectivity index (χ4v) is 2.94. The van der Waals surface area contributed by atoms with Crippen molar-refractivity contribution in [1.29, 1.82) is 0 Å². The average Bonchev–Trinajstić information content (AvgIpc) is 2.88. The lowest BCUT2D eigenvalue weighted by Gasteiger charge is -2.36. The van der Waals surface area contributed by atoms with Gasteiger partial charge in [-0.15, -0.1) is 0 Å². The van der Waals surface area contributed by atoms with Crippen molar-refractivity contribution in [3.05, 3.63) is 34.3 Å². The number of para-hydroxylation sites is 1. The molecule has 0 bridgehead atoms. The van der Waals surface area contributed by atoms with Gasteiger partial charge in [0.05, 0.1) is 11.1 Å². The van der Waals surface area contributed by atoms with Crippen LogP contribution in [-0.2, 0) is 4.79 Å². The van der Waals surface area contributed by atoms with Crippen molar-refractivity contribution in [1.82, 2.24) is 15.2 Å². The van der Waals surface area contributed by atoms with E-state index in [4.69, 9.17) is 4.42 Å². The second-order valence-corrected chi connectivity index (χ2v) is 6.13. The molecular formula is C16H19N3O4. The topological polar surface area (TPSA) is 95.4 Å². The molecule has 3 rings (SSSR count). The van der Waals surface area contributed by atoms with Crippen LogP contribution in [0.25, 0.3) is 11.1 Å². The maximum Gasteiger partial charge on any atom is 0.417 e. The quantitative estimate of drug-likeness (QED) is 0.886. The van der Waals surface area contributed by atoms with Crippen LogP contribution in [-0.4, -0.2) is 40.8 Å². The number of carbonyl (C=O) groups excluding carboxylic acids is 2. The van der Waals surface area contributed by atoms with E-state index in [1.807, 2.05) is 13.8 Å². The number of H-pyrrole nitrogens is 1. The lowest BCUT2D eigenvalue weighted by molar-refractivity contribution is -0.128. The summed E-state index contributed by atoms with van der Waals surface area (Å²) in [5.41, 5.74) is 1.05. The monoisotopic (exact) mass is 317 g/mol. The lowest BCUT2D eigenvalue weighted by atomic mass is 9.99. The third kappa shape index (κ3) is 2.86. The highest BCUT2D eigenvalue weighted by Gasteiger charge is 2.34. The van der Waals surface area contributed by atoms with Crippen molar-refractivity contribution >= 4 is 22.9 Å². The standard InChI is InChI=1S/C16H19N3O4/c1-9(2)8-11-14(20)17-6-7-19(11)15(21)10-4-3-5-12-13(10)18-16(22)23-12/h3-5,9,11H,6-8H2,1-2H3,(H,17,20)(H,18,22)/t11-/m1/s1. The summed E-state index contributed by atoms with van der Waals surface area (Å²) in [5.74, 6) is -0.724. The Morgan fingerprint density at radius 1 is 1.39 bits per heavy atom. The Kier molecular flexibility index (Phi) is 3.94. The van der Waals surface area contributed by atoms with Crippen LogP contribution in [0.5, 0.6) is 0 Å². The fourth-order valence-electron chi connectivity index (χ4n) is 2.94. The normalized spacial score (nSPS) is 18.5. The van der Waals surface area contributed by atoms with Gasteiger partial charge in [0.15, 0.2) is 5.58 Å². The van der Waals surface area contributed by atoms with E-state index in [0.717, 1.165) is 0 Å². The highest BCUT2D eigenvalue weighted by atomic mass is 16.4. The number of carbonyl (C=O) groups is 2. The van der Waals surface area contributed by atoms with Crippen LogP contribution in [0.15, 0.2) is 27.4 Å². The Bertz CT molecular complexity index is 805. The summed E-state index contributed by atoms with van der Waals surface area (Å²) >= 11 is 0. The van der Waals surface area contributed by atoms with Crippen molar-refractivity contribution in [2.24, 2.45) is 5.92 Å². The van der Waals surface area contributed by atoms with E-state index in [2.05, 4.69) is 10.3 Å². The smallest absolute Gasteiger partial charge is 0.408 e. The third-order valence-corrected chi connectivity index (χ3v) is 3.97. The van der Waals surface area contributed by atoms with Gasteiger partial charge < -0.3 is 14.6 Å². The van der Waals surface area contributed by atoms with Crippen molar-refractivity contribution < 1.29 is 14.0 Å². The Morgan fingerprint density at radius 3 is 2.91 bits per heavy atom.